The maximum atomic E-state index is 12.1. The maximum absolute atomic E-state index is 12.1. The molecule has 0 saturated carbocycles. The van der Waals surface area contributed by atoms with E-state index in [1.807, 2.05) is 0 Å². The molecule has 0 aliphatic rings. The number of rotatable bonds is 2. The molecular weight excluding hydrogens is 219 g/mol. The van der Waals surface area contributed by atoms with Crippen LogP contribution in [0.4, 0.5) is 8.78 Å². The largest absolute Gasteiger partial charge is 0.319 e. The van der Waals surface area contributed by atoms with E-state index >= 15 is 0 Å². The van der Waals surface area contributed by atoms with Gasteiger partial charge in [-0.3, -0.25) is 0 Å². The Bertz CT molecular complexity index is 304. The van der Waals surface area contributed by atoms with E-state index in [2.05, 4.69) is 0 Å². The molecule has 0 heterocycles. The second kappa shape index (κ2) is 4.22. The van der Waals surface area contributed by atoms with Crippen LogP contribution < -0.4 is 5.73 Å². The summed E-state index contributed by atoms with van der Waals surface area (Å²) in [6.45, 7) is 0. The average molecular weight is 226 g/mol. The smallest absolute Gasteiger partial charge is 0.257 e. The summed E-state index contributed by atoms with van der Waals surface area (Å²) in [5.41, 5.74) is 5.49. The van der Waals surface area contributed by atoms with Crippen LogP contribution in [-0.4, -0.2) is 6.43 Å². The number of hydrogen-bond acceptors (Lipinski definition) is 1. The fraction of sp³-hybridized carbons (Fsp3) is 0.250. The summed E-state index contributed by atoms with van der Waals surface area (Å²) in [5, 5.41) is 0.558. The zero-order valence-corrected chi connectivity index (χ0v) is 7.99. The highest BCUT2D eigenvalue weighted by atomic mass is 35.5. The van der Waals surface area contributed by atoms with Gasteiger partial charge in [0.15, 0.2) is 0 Å². The molecule has 0 bridgehead atoms. The normalized spacial score (nSPS) is 13.4. The Kier molecular flexibility index (Phi) is 3.47. The molecule has 72 valence electrons. The molecule has 0 saturated heterocycles. The first kappa shape index (κ1) is 10.7. The summed E-state index contributed by atoms with van der Waals surface area (Å²) in [6, 6.07) is 2.92. The van der Waals surface area contributed by atoms with Gasteiger partial charge in [-0.25, -0.2) is 8.78 Å². The monoisotopic (exact) mass is 225 g/mol. The molecule has 0 aliphatic carbocycles. The van der Waals surface area contributed by atoms with E-state index in [4.69, 9.17) is 28.9 Å². The van der Waals surface area contributed by atoms with Crippen LogP contribution in [-0.2, 0) is 0 Å². The molecule has 0 aliphatic heterocycles. The fourth-order valence-corrected chi connectivity index (χ4v) is 1.17. The molecule has 0 spiro atoms. The summed E-state index contributed by atoms with van der Waals surface area (Å²) in [7, 11) is 0. The van der Waals surface area contributed by atoms with Gasteiger partial charge in [0.05, 0.1) is 16.1 Å². The van der Waals surface area contributed by atoms with Crippen molar-refractivity contribution in [3.8, 4) is 0 Å². The molecule has 13 heavy (non-hydrogen) atoms. The highest BCUT2D eigenvalue weighted by molar-refractivity contribution is 6.42. The van der Waals surface area contributed by atoms with Gasteiger partial charge >= 0.3 is 0 Å². The van der Waals surface area contributed by atoms with Crippen molar-refractivity contribution >= 4 is 23.2 Å². The number of benzene rings is 1. The van der Waals surface area contributed by atoms with E-state index < -0.39 is 12.5 Å². The molecule has 0 radical (unpaired) electrons. The highest BCUT2D eigenvalue weighted by Gasteiger charge is 2.17. The Balaban J connectivity index is 2.97. The molecule has 0 fully saturated rings. The quantitative estimate of drug-likeness (QED) is 0.822. The van der Waals surface area contributed by atoms with Gasteiger partial charge in [0.1, 0.15) is 0 Å². The van der Waals surface area contributed by atoms with Crippen LogP contribution in [0.1, 0.15) is 11.6 Å². The number of alkyl halides is 2. The van der Waals surface area contributed by atoms with Crippen LogP contribution >= 0.6 is 23.2 Å². The predicted octanol–water partition coefficient (Wildman–Crippen LogP) is 3.26. The lowest BCUT2D eigenvalue weighted by Gasteiger charge is -2.10. The lowest BCUT2D eigenvalue weighted by Crippen LogP contribution is -2.18. The van der Waals surface area contributed by atoms with Crippen molar-refractivity contribution in [1.29, 1.82) is 0 Å². The van der Waals surface area contributed by atoms with Gasteiger partial charge in [-0.15, -0.1) is 0 Å². The van der Waals surface area contributed by atoms with Gasteiger partial charge in [0.2, 0.25) is 0 Å². The number of hydrogen-bond donors (Lipinski definition) is 1. The molecule has 1 rings (SSSR count). The first-order valence-corrected chi connectivity index (χ1v) is 4.26. The zero-order chi connectivity index (χ0) is 10.0. The van der Waals surface area contributed by atoms with Gasteiger partial charge in [-0.05, 0) is 17.7 Å². The molecule has 1 atom stereocenters. The van der Waals surface area contributed by atoms with Crippen molar-refractivity contribution in [2.75, 3.05) is 0 Å². The zero-order valence-electron chi connectivity index (χ0n) is 6.48. The number of halogens is 4. The van der Waals surface area contributed by atoms with E-state index in [1.54, 1.807) is 0 Å². The van der Waals surface area contributed by atoms with Crippen LogP contribution in [0, 0.1) is 0 Å². The van der Waals surface area contributed by atoms with Crippen LogP contribution in [0.15, 0.2) is 18.2 Å². The Hall–Kier alpha value is -0.380. The van der Waals surface area contributed by atoms with E-state index in [1.165, 1.54) is 18.2 Å². The molecule has 1 nitrogen and oxygen atoms in total. The minimum absolute atomic E-state index is 0.232. The molecule has 0 amide bonds. The standard InChI is InChI=1S/C8H7Cl2F2N/c9-5-2-1-4(3-6(5)10)7(13)8(11)12/h1-3,7-8H,13H2/t7-/m1/s1. The molecule has 0 unspecified atom stereocenters. The molecule has 5 heteroatoms. The van der Waals surface area contributed by atoms with Crippen molar-refractivity contribution < 1.29 is 8.78 Å². The second-order valence-electron chi connectivity index (χ2n) is 2.53. The Morgan fingerprint density at radius 1 is 1.15 bits per heavy atom. The highest BCUT2D eigenvalue weighted by Crippen LogP contribution is 2.26. The second-order valence-corrected chi connectivity index (χ2v) is 3.35. The van der Waals surface area contributed by atoms with E-state index in [0.717, 1.165) is 0 Å². The summed E-state index contributed by atoms with van der Waals surface area (Å²) in [4.78, 5) is 0. The van der Waals surface area contributed by atoms with E-state index in [-0.39, 0.29) is 10.6 Å². The van der Waals surface area contributed by atoms with Crippen LogP contribution in [0.25, 0.3) is 0 Å². The molecule has 0 aromatic heterocycles. The third-order valence-electron chi connectivity index (χ3n) is 1.60. The molecular formula is C8H7Cl2F2N. The van der Waals surface area contributed by atoms with Gasteiger partial charge < -0.3 is 5.73 Å². The fourth-order valence-electron chi connectivity index (χ4n) is 0.865. The van der Waals surface area contributed by atoms with Gasteiger partial charge in [-0.1, -0.05) is 29.3 Å². The Morgan fingerprint density at radius 3 is 2.23 bits per heavy atom. The molecule has 1 aromatic rings. The minimum Gasteiger partial charge on any atom is -0.319 e. The average Bonchev–Trinajstić information content (AvgIpc) is 2.08. The first-order valence-electron chi connectivity index (χ1n) is 3.51. The maximum Gasteiger partial charge on any atom is 0.257 e. The first-order chi connectivity index (χ1) is 6.02. The molecule has 1 aromatic carbocycles. The van der Waals surface area contributed by atoms with Gasteiger partial charge in [0, 0.05) is 0 Å². The van der Waals surface area contributed by atoms with Crippen LogP contribution in [0.5, 0.6) is 0 Å². The van der Waals surface area contributed by atoms with Crippen LogP contribution in [0.2, 0.25) is 10.0 Å². The topological polar surface area (TPSA) is 26.0 Å². The number of nitrogens with two attached hydrogens (primary N) is 1. The Morgan fingerprint density at radius 2 is 1.77 bits per heavy atom. The van der Waals surface area contributed by atoms with E-state index in [9.17, 15) is 8.78 Å². The SMILES string of the molecule is N[C@H](c1ccc(Cl)c(Cl)c1)C(F)F. The van der Waals surface area contributed by atoms with Gasteiger partial charge in [-0.2, -0.15) is 0 Å². The van der Waals surface area contributed by atoms with Crippen molar-refractivity contribution in [1.82, 2.24) is 0 Å². The summed E-state index contributed by atoms with van der Waals surface area (Å²) in [5.74, 6) is 0. The van der Waals surface area contributed by atoms with E-state index in [0.29, 0.717) is 5.02 Å². The summed E-state index contributed by atoms with van der Waals surface area (Å²) >= 11 is 11.2. The molecule has 2 N–H and O–H groups in total. The lowest BCUT2D eigenvalue weighted by molar-refractivity contribution is 0.116. The van der Waals surface area contributed by atoms with Crippen molar-refractivity contribution in [3.63, 3.8) is 0 Å². The lowest BCUT2D eigenvalue weighted by atomic mass is 10.1. The third kappa shape index (κ3) is 2.53. The van der Waals surface area contributed by atoms with Crippen molar-refractivity contribution in [2.45, 2.75) is 12.5 Å². The minimum atomic E-state index is -2.60. The Labute approximate surface area is 84.4 Å². The third-order valence-corrected chi connectivity index (χ3v) is 2.34. The van der Waals surface area contributed by atoms with Crippen molar-refractivity contribution in [2.24, 2.45) is 5.73 Å². The van der Waals surface area contributed by atoms with Crippen LogP contribution in [0.3, 0.4) is 0 Å². The summed E-state index contributed by atoms with van der Waals surface area (Å²) < 4.78 is 24.3. The summed E-state index contributed by atoms with van der Waals surface area (Å²) in [6.07, 6.45) is -2.60. The predicted molar refractivity (Wildman–Crippen MR) is 49.4 cm³/mol. The van der Waals surface area contributed by atoms with Crippen molar-refractivity contribution in [3.05, 3.63) is 33.8 Å². The van der Waals surface area contributed by atoms with Gasteiger partial charge in [0.25, 0.3) is 6.43 Å².